The van der Waals surface area contributed by atoms with Crippen LogP contribution < -0.4 is 4.74 Å². The highest BCUT2D eigenvalue weighted by atomic mass is 32.2. The topological polar surface area (TPSA) is 73.1 Å². The number of carbonyl (C=O) groups is 1. The van der Waals surface area contributed by atoms with Gasteiger partial charge in [-0.05, 0) is 34.5 Å². The van der Waals surface area contributed by atoms with Gasteiger partial charge in [-0.25, -0.2) is 4.68 Å². The third-order valence-electron chi connectivity index (χ3n) is 3.84. The summed E-state index contributed by atoms with van der Waals surface area (Å²) in [7, 11) is 1.64. The van der Waals surface area contributed by atoms with E-state index in [-0.39, 0.29) is 11.2 Å². The predicted molar refractivity (Wildman–Crippen MR) is 91.0 cm³/mol. The second-order valence-corrected chi connectivity index (χ2v) is 6.61. The predicted octanol–water partition coefficient (Wildman–Crippen LogP) is 1.61. The molecule has 3 rings (SSSR count). The van der Waals surface area contributed by atoms with Gasteiger partial charge in [0.15, 0.2) is 0 Å². The number of carbonyl (C=O) groups excluding carboxylic acids is 1. The number of benzene rings is 1. The zero-order valence-corrected chi connectivity index (χ0v) is 14.3. The molecule has 0 aliphatic carbocycles. The number of ether oxygens (including phenoxy) is 1. The number of rotatable bonds is 7. The van der Waals surface area contributed by atoms with Crippen LogP contribution in [0.5, 0.6) is 5.75 Å². The molecule has 1 aliphatic rings. The minimum atomic E-state index is -0.134. The molecular weight excluding hydrogens is 326 g/mol. The first-order valence-electron chi connectivity index (χ1n) is 7.66. The van der Waals surface area contributed by atoms with E-state index < -0.39 is 0 Å². The van der Waals surface area contributed by atoms with Crippen LogP contribution in [0, 0.1) is 0 Å². The van der Waals surface area contributed by atoms with Gasteiger partial charge in [0.05, 0.1) is 18.9 Å². The van der Waals surface area contributed by atoms with Crippen molar-refractivity contribution in [1.29, 1.82) is 0 Å². The zero-order chi connectivity index (χ0) is 16.9. The molecule has 1 amide bonds. The highest BCUT2D eigenvalue weighted by molar-refractivity contribution is 8.00. The molecule has 1 aliphatic heterocycles. The van der Waals surface area contributed by atoms with Gasteiger partial charge in [0, 0.05) is 13.1 Å². The summed E-state index contributed by atoms with van der Waals surface area (Å²) < 4.78 is 6.88. The monoisotopic (exact) mass is 345 g/mol. The van der Waals surface area contributed by atoms with E-state index in [1.165, 1.54) is 11.8 Å². The summed E-state index contributed by atoms with van der Waals surface area (Å²) >= 11 is 1.43. The Bertz CT molecular complexity index is 716. The van der Waals surface area contributed by atoms with Crippen LogP contribution >= 0.6 is 11.8 Å². The van der Waals surface area contributed by atoms with Gasteiger partial charge in [-0.15, -0.1) is 11.7 Å². The Labute approximate surface area is 144 Å². The maximum absolute atomic E-state index is 12.3. The smallest absolute Gasteiger partial charge is 0.236 e. The number of hydrogen-bond donors (Lipinski definition) is 0. The van der Waals surface area contributed by atoms with Gasteiger partial charge < -0.3 is 9.64 Å². The molecule has 0 radical (unpaired) electrons. The van der Waals surface area contributed by atoms with Crippen LogP contribution in [0.4, 0.5) is 0 Å². The van der Waals surface area contributed by atoms with Crippen molar-refractivity contribution in [1.82, 2.24) is 25.1 Å². The number of nitrogens with zero attached hydrogens (tertiary/aromatic N) is 5. The Morgan fingerprint density at radius 3 is 2.92 bits per heavy atom. The molecular formula is C16H19N5O2S. The van der Waals surface area contributed by atoms with E-state index in [2.05, 4.69) is 22.1 Å². The lowest BCUT2D eigenvalue weighted by Crippen LogP contribution is -2.28. The minimum Gasteiger partial charge on any atom is -0.497 e. The van der Waals surface area contributed by atoms with E-state index >= 15 is 0 Å². The second-order valence-electron chi connectivity index (χ2n) is 5.44. The van der Waals surface area contributed by atoms with E-state index in [1.807, 2.05) is 29.2 Å². The number of likely N-dealkylation sites (tertiary alicyclic amines) is 1. The van der Waals surface area contributed by atoms with Crippen LogP contribution in [0.1, 0.15) is 12.0 Å². The van der Waals surface area contributed by atoms with Crippen LogP contribution in [-0.2, 0) is 11.3 Å². The molecule has 7 nitrogen and oxygen atoms in total. The maximum atomic E-state index is 12.3. The van der Waals surface area contributed by atoms with Crippen LogP contribution in [0.15, 0.2) is 42.1 Å². The van der Waals surface area contributed by atoms with Crippen molar-refractivity contribution in [2.24, 2.45) is 0 Å². The lowest BCUT2D eigenvalue weighted by molar-refractivity contribution is -0.126. The van der Waals surface area contributed by atoms with Gasteiger partial charge in [0.25, 0.3) is 0 Å². The molecule has 1 aromatic heterocycles. The quantitative estimate of drug-likeness (QED) is 0.710. The van der Waals surface area contributed by atoms with Gasteiger partial charge in [-0.3, -0.25) is 4.79 Å². The standard InChI is InChI=1S/C16H19N5O2S/c1-3-9-20-10-8-14(15(20)22)24-16-17-18-19-21(16)11-12-4-6-13(23-2)7-5-12/h3-7,14H,1,8-11H2,2H3/t14-/m0/s1. The SMILES string of the molecule is C=CCN1CC[C@H](Sc2nnnn2Cc2ccc(OC)cc2)C1=O. The molecule has 1 aromatic carbocycles. The summed E-state index contributed by atoms with van der Waals surface area (Å²) in [6, 6.07) is 7.75. The summed E-state index contributed by atoms with van der Waals surface area (Å²) in [5.41, 5.74) is 1.07. The van der Waals surface area contributed by atoms with Crippen molar-refractivity contribution in [2.45, 2.75) is 23.4 Å². The Morgan fingerprint density at radius 1 is 1.42 bits per heavy atom. The molecule has 2 heterocycles. The maximum Gasteiger partial charge on any atom is 0.236 e. The third-order valence-corrected chi connectivity index (χ3v) is 5.06. The van der Waals surface area contributed by atoms with Crippen molar-refractivity contribution < 1.29 is 9.53 Å². The molecule has 0 spiro atoms. The van der Waals surface area contributed by atoms with Gasteiger partial charge >= 0.3 is 0 Å². The fourth-order valence-corrected chi connectivity index (χ4v) is 3.60. The molecule has 126 valence electrons. The number of thioether (sulfide) groups is 1. The molecule has 24 heavy (non-hydrogen) atoms. The fourth-order valence-electron chi connectivity index (χ4n) is 2.57. The van der Waals surface area contributed by atoms with E-state index in [9.17, 15) is 4.79 Å². The largest absolute Gasteiger partial charge is 0.497 e. The number of amides is 1. The number of methoxy groups -OCH3 is 1. The molecule has 0 bridgehead atoms. The highest BCUT2D eigenvalue weighted by Crippen LogP contribution is 2.29. The van der Waals surface area contributed by atoms with Gasteiger partial charge in [-0.2, -0.15) is 0 Å². The lowest BCUT2D eigenvalue weighted by atomic mass is 10.2. The number of hydrogen-bond acceptors (Lipinski definition) is 6. The molecule has 2 aromatic rings. The molecule has 0 saturated carbocycles. The second kappa shape index (κ2) is 7.48. The Kier molecular flexibility index (Phi) is 5.14. The average Bonchev–Trinajstić information content (AvgIpc) is 3.18. The van der Waals surface area contributed by atoms with Crippen LogP contribution in [-0.4, -0.2) is 56.5 Å². The molecule has 1 saturated heterocycles. The summed E-state index contributed by atoms with van der Waals surface area (Å²) in [6.45, 7) is 5.58. The molecule has 0 unspecified atom stereocenters. The van der Waals surface area contributed by atoms with Crippen molar-refractivity contribution in [3.8, 4) is 5.75 Å². The molecule has 1 atom stereocenters. The van der Waals surface area contributed by atoms with Gasteiger partial charge in [-0.1, -0.05) is 30.0 Å². The molecule has 0 N–H and O–H groups in total. The van der Waals surface area contributed by atoms with E-state index in [0.717, 1.165) is 24.3 Å². The van der Waals surface area contributed by atoms with Crippen LogP contribution in [0.25, 0.3) is 0 Å². The van der Waals surface area contributed by atoms with Crippen molar-refractivity contribution in [3.05, 3.63) is 42.5 Å². The van der Waals surface area contributed by atoms with Crippen molar-refractivity contribution in [3.63, 3.8) is 0 Å². The van der Waals surface area contributed by atoms with E-state index in [1.54, 1.807) is 17.9 Å². The molecule has 8 heteroatoms. The Morgan fingerprint density at radius 2 is 2.21 bits per heavy atom. The first-order chi connectivity index (χ1) is 11.7. The third kappa shape index (κ3) is 3.59. The van der Waals surface area contributed by atoms with Crippen molar-refractivity contribution in [2.75, 3.05) is 20.2 Å². The van der Waals surface area contributed by atoms with Crippen LogP contribution in [0.3, 0.4) is 0 Å². The first kappa shape index (κ1) is 16.5. The summed E-state index contributed by atoms with van der Waals surface area (Å²) in [6.07, 6.45) is 2.55. The van der Waals surface area contributed by atoms with Gasteiger partial charge in [0.1, 0.15) is 5.75 Å². The fraction of sp³-hybridized carbons (Fsp3) is 0.375. The summed E-state index contributed by atoms with van der Waals surface area (Å²) in [5, 5.41) is 12.4. The van der Waals surface area contributed by atoms with E-state index in [0.29, 0.717) is 18.2 Å². The normalized spacial score (nSPS) is 17.3. The van der Waals surface area contributed by atoms with Gasteiger partial charge in [0.2, 0.25) is 11.1 Å². The Balaban J connectivity index is 1.67. The number of aromatic nitrogens is 4. The minimum absolute atomic E-state index is 0.124. The van der Waals surface area contributed by atoms with Crippen molar-refractivity contribution >= 4 is 17.7 Å². The summed E-state index contributed by atoms with van der Waals surface area (Å²) in [5.74, 6) is 0.933. The van der Waals surface area contributed by atoms with E-state index in [4.69, 9.17) is 4.74 Å². The lowest BCUT2D eigenvalue weighted by Gasteiger charge is -2.13. The molecule has 1 fully saturated rings. The first-order valence-corrected chi connectivity index (χ1v) is 8.54. The zero-order valence-electron chi connectivity index (χ0n) is 13.5. The number of tetrazole rings is 1. The summed E-state index contributed by atoms with van der Waals surface area (Å²) in [4.78, 5) is 14.1. The average molecular weight is 345 g/mol. The highest BCUT2D eigenvalue weighted by Gasteiger charge is 2.33. The Hall–Kier alpha value is -2.35. The van der Waals surface area contributed by atoms with Crippen LogP contribution in [0.2, 0.25) is 0 Å².